The maximum absolute atomic E-state index is 10.6. The van der Waals surface area contributed by atoms with E-state index in [0.717, 1.165) is 0 Å². The molecule has 0 amide bonds. The molecule has 0 saturated heterocycles. The highest BCUT2D eigenvalue weighted by molar-refractivity contribution is 7.85. The molecule has 0 aliphatic rings. The number of hydrogen-bond donors (Lipinski definition) is 1. The monoisotopic (exact) mass is 390 g/mol. The minimum Gasteiger partial charge on any atom is -0.286 e. The van der Waals surface area contributed by atoms with Gasteiger partial charge in [-0.25, -0.2) is 0 Å². The molecule has 2 rings (SSSR count). The van der Waals surface area contributed by atoms with Gasteiger partial charge >= 0.3 is 8.54 Å². The molecule has 24 heavy (non-hydrogen) atoms. The van der Waals surface area contributed by atoms with Crippen LogP contribution in [0.4, 0.5) is 8.39 Å². The molecule has 3 nitrogen and oxygen atoms in total. The van der Waals surface area contributed by atoms with Crippen molar-refractivity contribution in [1.82, 2.24) is 0 Å². The fraction of sp³-hybridized carbons (Fsp3) is 0.125. The van der Waals surface area contributed by atoms with Gasteiger partial charge in [-0.15, -0.1) is 15.7 Å². The van der Waals surface area contributed by atoms with Gasteiger partial charge in [-0.05, 0) is 16.8 Å². The Balaban J connectivity index is 0.000000442. The predicted molar refractivity (Wildman–Crippen MR) is 99.9 cm³/mol. The molecule has 0 radical (unpaired) electrons. The van der Waals surface area contributed by atoms with Crippen molar-refractivity contribution in [3.05, 3.63) is 71.8 Å². The van der Waals surface area contributed by atoms with E-state index in [1.807, 2.05) is 12.1 Å². The van der Waals surface area contributed by atoms with Crippen LogP contribution in [0.5, 0.6) is 0 Å². The molecule has 0 aromatic heterocycles. The van der Waals surface area contributed by atoms with Gasteiger partial charge in [-0.1, -0.05) is 60.7 Å². The highest BCUT2D eigenvalue weighted by Gasteiger charge is 2.06. The third-order valence-electron chi connectivity index (χ3n) is 2.41. The normalized spacial score (nSPS) is 10.1. The second-order valence-electron chi connectivity index (χ2n) is 4.39. The lowest BCUT2D eigenvalue weighted by Crippen LogP contribution is -1.90. The third-order valence-corrected chi connectivity index (χ3v) is 3.38. The minimum atomic E-state index is -3.67. The van der Waals surface area contributed by atoms with Gasteiger partial charge in [0.15, 0.2) is 0 Å². The molecular formula is C16H18F2O3P2S. The molecule has 0 bridgehead atoms. The van der Waals surface area contributed by atoms with Gasteiger partial charge in [0.2, 0.25) is 0 Å². The molecule has 2 aromatic carbocycles. The summed E-state index contributed by atoms with van der Waals surface area (Å²) >= 11 is 0. The van der Waals surface area contributed by atoms with E-state index in [1.165, 1.54) is 16.8 Å². The van der Waals surface area contributed by atoms with Crippen molar-refractivity contribution in [3.8, 4) is 12.1 Å². The number of hydrogen-bond acceptors (Lipinski definition) is 2. The third kappa shape index (κ3) is 13.1. The fourth-order valence-corrected chi connectivity index (χ4v) is 1.96. The summed E-state index contributed by atoms with van der Waals surface area (Å²) in [6.07, 6.45) is 4.92. The largest absolute Gasteiger partial charge is 0.344 e. The molecular weight excluding hydrogens is 372 g/mol. The summed E-state index contributed by atoms with van der Waals surface area (Å²) < 4.78 is 47.1. The summed E-state index contributed by atoms with van der Waals surface area (Å²) in [5, 5.41) is 0. The number of rotatable bonds is 2. The van der Waals surface area contributed by atoms with E-state index >= 15 is 0 Å². The molecule has 0 aliphatic carbocycles. The lowest BCUT2D eigenvalue weighted by Gasteiger charge is -2.11. The van der Waals surface area contributed by atoms with Crippen LogP contribution in [0.1, 0.15) is 16.8 Å². The van der Waals surface area contributed by atoms with Crippen molar-refractivity contribution in [2.45, 2.75) is 5.66 Å². The average molecular weight is 390 g/mol. The first-order valence-electron chi connectivity index (χ1n) is 6.51. The van der Waals surface area contributed by atoms with Crippen molar-refractivity contribution < 1.29 is 21.4 Å². The summed E-state index contributed by atoms with van der Waals surface area (Å²) in [5.74, 6) is 0. The van der Waals surface area contributed by atoms with E-state index < -0.39 is 18.7 Å². The van der Waals surface area contributed by atoms with E-state index in [2.05, 4.69) is 64.2 Å². The number of halogens is 2. The van der Waals surface area contributed by atoms with Gasteiger partial charge in [-0.3, -0.25) is 4.55 Å². The van der Waals surface area contributed by atoms with Crippen LogP contribution >= 0.6 is 17.8 Å². The molecule has 0 aliphatic heterocycles. The number of benzene rings is 2. The van der Waals surface area contributed by atoms with Crippen LogP contribution in [0.2, 0.25) is 0 Å². The van der Waals surface area contributed by atoms with E-state index in [0.29, 0.717) is 11.9 Å². The Morgan fingerprint density at radius 2 is 1.29 bits per heavy atom. The smallest absolute Gasteiger partial charge is 0.286 e. The van der Waals surface area contributed by atoms with Crippen LogP contribution < -0.4 is 0 Å². The van der Waals surface area contributed by atoms with Gasteiger partial charge in [0.05, 0.1) is 6.26 Å². The van der Waals surface area contributed by atoms with Crippen molar-refractivity contribution in [2.75, 3.05) is 6.26 Å². The lowest BCUT2D eigenvalue weighted by molar-refractivity contribution is 0.490. The first-order valence-corrected chi connectivity index (χ1v) is 10.1. The second-order valence-corrected chi connectivity index (χ2v) is 7.25. The first-order chi connectivity index (χ1) is 11.1. The lowest BCUT2D eigenvalue weighted by atomic mass is 10.0. The highest BCUT2D eigenvalue weighted by atomic mass is 32.2. The zero-order valence-corrected chi connectivity index (χ0v) is 15.7. The predicted octanol–water partition coefficient (Wildman–Crippen LogP) is 4.98. The quantitative estimate of drug-likeness (QED) is 0.447. The molecule has 2 aromatic rings. The molecule has 1 atom stereocenters. The van der Waals surface area contributed by atoms with Crippen LogP contribution in [0.3, 0.4) is 0 Å². The van der Waals surface area contributed by atoms with E-state index in [4.69, 9.17) is 4.55 Å². The second kappa shape index (κ2) is 12.1. The number of terminal acetylenes is 1. The Morgan fingerprint density at radius 3 is 1.50 bits per heavy atom. The zero-order chi connectivity index (χ0) is 18.6. The van der Waals surface area contributed by atoms with E-state index in [1.54, 1.807) is 0 Å². The summed E-state index contributed by atoms with van der Waals surface area (Å²) in [7, 11) is -3.85. The average Bonchev–Trinajstić information content (AvgIpc) is 2.55. The van der Waals surface area contributed by atoms with Gasteiger partial charge in [-0.2, -0.15) is 16.8 Å². The molecule has 0 spiro atoms. The van der Waals surface area contributed by atoms with Gasteiger partial charge in [0.1, 0.15) is 0 Å². The topological polar surface area (TPSA) is 54.4 Å². The van der Waals surface area contributed by atoms with E-state index in [9.17, 15) is 16.8 Å². The summed E-state index contributed by atoms with van der Waals surface area (Å²) in [5.41, 5.74) is 4.33. The Hall–Kier alpha value is -1.37. The van der Waals surface area contributed by atoms with Crippen LogP contribution in [0.15, 0.2) is 60.7 Å². The zero-order valence-electron chi connectivity index (χ0n) is 12.9. The molecule has 0 saturated carbocycles. The molecule has 1 N–H and O–H groups in total. The minimum absolute atomic E-state index is 0.400. The molecule has 130 valence electrons. The Morgan fingerprint density at radius 1 is 1.04 bits per heavy atom. The maximum atomic E-state index is 10.6. The Kier molecular flexibility index (Phi) is 11.4. The first kappa shape index (κ1) is 22.6. The maximum Gasteiger partial charge on any atom is 0.344 e. The van der Waals surface area contributed by atoms with Crippen molar-refractivity contribution in [3.63, 3.8) is 0 Å². The van der Waals surface area contributed by atoms with Crippen LogP contribution in [-0.2, 0) is 10.1 Å². The molecule has 0 fully saturated rings. The molecule has 1 unspecified atom stereocenters. The van der Waals surface area contributed by atoms with Gasteiger partial charge < -0.3 is 0 Å². The molecule has 8 heteroatoms. The van der Waals surface area contributed by atoms with Gasteiger partial charge in [0.25, 0.3) is 10.1 Å². The summed E-state index contributed by atoms with van der Waals surface area (Å²) in [4.78, 5) is 0. The molecule has 0 heterocycles. The van der Waals surface area contributed by atoms with Crippen molar-refractivity contribution in [2.24, 2.45) is 0 Å². The standard InChI is InChI=1S/C13H13P.C2HF2P.CH4O3S/c14-13(11-7-3-1-4-8-11)12-9-5-2-6-10-12;1-2-5(3)4;1-5(2,3)4/h1-10,13H,14H2;1H;1H3,(H,2,3,4). The van der Waals surface area contributed by atoms with Crippen LogP contribution in [0, 0.1) is 12.1 Å². The van der Waals surface area contributed by atoms with E-state index in [-0.39, 0.29) is 0 Å². The van der Waals surface area contributed by atoms with Crippen LogP contribution in [-0.4, -0.2) is 19.2 Å². The highest BCUT2D eigenvalue weighted by Crippen LogP contribution is 2.35. The Bertz CT molecular complexity index is 670. The Labute approximate surface area is 145 Å². The SMILES string of the molecule is C#CP(F)F.CS(=O)(=O)O.PC(c1ccccc1)c1ccccc1. The summed E-state index contributed by atoms with van der Waals surface area (Å²) in [6, 6.07) is 21.0. The fourth-order valence-electron chi connectivity index (χ4n) is 1.51. The van der Waals surface area contributed by atoms with Crippen LogP contribution in [0.25, 0.3) is 0 Å². The van der Waals surface area contributed by atoms with Crippen molar-refractivity contribution in [1.29, 1.82) is 0 Å². The van der Waals surface area contributed by atoms with Gasteiger partial charge in [0, 0.05) is 5.66 Å². The summed E-state index contributed by atoms with van der Waals surface area (Å²) in [6.45, 7) is 0. The van der Waals surface area contributed by atoms with Crippen molar-refractivity contribution >= 4 is 27.9 Å².